The Bertz CT molecular complexity index is 1390. The van der Waals surface area contributed by atoms with E-state index in [1.807, 2.05) is 30.3 Å². The van der Waals surface area contributed by atoms with Gasteiger partial charge >= 0.3 is 0 Å². The molecule has 1 amide bonds. The molecule has 0 unspecified atom stereocenters. The number of aromatic amines is 1. The van der Waals surface area contributed by atoms with Crippen molar-refractivity contribution < 1.29 is 22.7 Å². The van der Waals surface area contributed by atoms with E-state index in [1.165, 1.54) is 22.6 Å². The van der Waals surface area contributed by atoms with Crippen LogP contribution in [0.5, 0.6) is 0 Å². The zero-order chi connectivity index (χ0) is 24.5. The summed E-state index contributed by atoms with van der Waals surface area (Å²) >= 11 is 0. The zero-order valence-electron chi connectivity index (χ0n) is 19.2. The van der Waals surface area contributed by atoms with Crippen molar-refractivity contribution in [2.24, 2.45) is 0 Å². The van der Waals surface area contributed by atoms with E-state index in [-0.39, 0.29) is 28.9 Å². The minimum atomic E-state index is -3.83. The van der Waals surface area contributed by atoms with Crippen LogP contribution in [0.2, 0.25) is 0 Å². The molecular formula is C25H27N3O6S. The fourth-order valence-corrected chi connectivity index (χ4v) is 6.06. The van der Waals surface area contributed by atoms with E-state index < -0.39 is 27.1 Å². The number of aromatic nitrogens is 1. The van der Waals surface area contributed by atoms with E-state index in [9.17, 15) is 18.0 Å². The van der Waals surface area contributed by atoms with Gasteiger partial charge in [0.2, 0.25) is 15.5 Å². The Labute approximate surface area is 203 Å². The Hall–Kier alpha value is -3.05. The molecule has 2 aliphatic heterocycles. The number of hydrogen-bond acceptors (Lipinski definition) is 6. The number of sulfonamides is 1. The summed E-state index contributed by atoms with van der Waals surface area (Å²) < 4.78 is 39.3. The molecule has 2 aliphatic rings. The molecule has 0 bridgehead atoms. The third-order valence-electron chi connectivity index (χ3n) is 6.57. The number of carbonyl (C=O) groups excluding carboxylic acids is 1. The van der Waals surface area contributed by atoms with Gasteiger partial charge in [0.25, 0.3) is 5.91 Å². The van der Waals surface area contributed by atoms with E-state index in [0.29, 0.717) is 44.5 Å². The van der Waals surface area contributed by atoms with Gasteiger partial charge in [-0.15, -0.1) is 0 Å². The minimum Gasteiger partial charge on any atom is -0.360 e. The average molecular weight is 498 g/mol. The second-order valence-corrected chi connectivity index (χ2v) is 10.7. The first-order valence-electron chi connectivity index (χ1n) is 11.6. The van der Waals surface area contributed by atoms with E-state index in [1.54, 1.807) is 6.07 Å². The number of hydrogen-bond donors (Lipinski definition) is 2. The topological polar surface area (TPSA) is 118 Å². The molecule has 0 saturated carbocycles. The van der Waals surface area contributed by atoms with Crippen molar-refractivity contribution in [3.8, 4) is 0 Å². The molecule has 5 rings (SSSR count). The monoisotopic (exact) mass is 497 g/mol. The molecule has 10 heteroatoms. The molecule has 3 heterocycles. The molecule has 184 valence electrons. The quantitative estimate of drug-likeness (QED) is 0.538. The molecular weight excluding hydrogens is 470 g/mol. The van der Waals surface area contributed by atoms with Crippen molar-refractivity contribution in [2.45, 2.75) is 29.9 Å². The molecule has 0 radical (unpaired) electrons. The van der Waals surface area contributed by atoms with Crippen LogP contribution in [0, 0.1) is 0 Å². The predicted molar refractivity (Wildman–Crippen MR) is 130 cm³/mol. The lowest BCUT2D eigenvalue weighted by molar-refractivity contribution is -0.179. The van der Waals surface area contributed by atoms with Crippen LogP contribution in [0.1, 0.15) is 28.8 Å². The van der Waals surface area contributed by atoms with Crippen molar-refractivity contribution in [3.63, 3.8) is 0 Å². The first-order chi connectivity index (χ1) is 16.9. The standard InChI is InChI=1S/C25H27N3O6S/c29-23-20-16-19(35(31,32)28-12-9-25(10-13-28)33-14-15-34-25)6-7-22(20)27-17-21(23)24(30)26-11-8-18-4-2-1-3-5-18/h1-7,16-17H,8-15H2,(H,26,30)(H,27,29). The van der Waals surface area contributed by atoms with Gasteiger partial charge in [-0.05, 0) is 30.2 Å². The van der Waals surface area contributed by atoms with Crippen LogP contribution in [0.25, 0.3) is 10.9 Å². The van der Waals surface area contributed by atoms with Gasteiger partial charge < -0.3 is 19.8 Å². The van der Waals surface area contributed by atoms with Crippen molar-refractivity contribution in [3.05, 3.63) is 76.1 Å². The molecule has 2 saturated heterocycles. The van der Waals surface area contributed by atoms with Crippen molar-refractivity contribution in [2.75, 3.05) is 32.8 Å². The fourth-order valence-electron chi connectivity index (χ4n) is 4.59. The summed E-state index contributed by atoms with van der Waals surface area (Å²) in [7, 11) is -3.83. The fraction of sp³-hybridized carbons (Fsp3) is 0.360. The Balaban J connectivity index is 1.34. The summed E-state index contributed by atoms with van der Waals surface area (Å²) in [6, 6.07) is 14.1. The Morgan fingerprint density at radius 3 is 2.49 bits per heavy atom. The number of benzene rings is 2. The second-order valence-electron chi connectivity index (χ2n) is 8.74. The molecule has 3 aromatic rings. The van der Waals surface area contributed by atoms with Gasteiger partial charge in [-0.3, -0.25) is 9.59 Å². The highest BCUT2D eigenvalue weighted by Gasteiger charge is 2.42. The third-order valence-corrected chi connectivity index (χ3v) is 8.47. The predicted octanol–water partition coefficient (Wildman–Crippen LogP) is 2.03. The molecule has 35 heavy (non-hydrogen) atoms. The molecule has 1 aromatic heterocycles. The summed E-state index contributed by atoms with van der Waals surface area (Å²) in [5.74, 6) is -1.19. The zero-order valence-corrected chi connectivity index (χ0v) is 20.0. The Kier molecular flexibility index (Phi) is 6.45. The number of nitrogens with one attached hydrogen (secondary N) is 2. The minimum absolute atomic E-state index is 0.0151. The summed E-state index contributed by atoms with van der Waals surface area (Å²) in [4.78, 5) is 28.7. The lowest BCUT2D eigenvalue weighted by atomic mass is 10.1. The second kappa shape index (κ2) is 9.54. The largest absolute Gasteiger partial charge is 0.360 e. The molecule has 2 N–H and O–H groups in total. The van der Waals surface area contributed by atoms with Crippen LogP contribution in [0.15, 0.2) is 64.4 Å². The smallest absolute Gasteiger partial charge is 0.256 e. The maximum absolute atomic E-state index is 13.3. The summed E-state index contributed by atoms with van der Waals surface area (Å²) in [5, 5.41) is 2.91. The van der Waals surface area contributed by atoms with Crippen LogP contribution in [0.4, 0.5) is 0 Å². The Morgan fingerprint density at radius 2 is 1.77 bits per heavy atom. The highest BCUT2D eigenvalue weighted by atomic mass is 32.2. The van der Waals surface area contributed by atoms with Crippen LogP contribution < -0.4 is 10.7 Å². The number of H-pyrrole nitrogens is 1. The number of nitrogens with zero attached hydrogens (tertiary/aromatic N) is 1. The van der Waals surface area contributed by atoms with Gasteiger partial charge in [0, 0.05) is 49.6 Å². The lowest BCUT2D eigenvalue weighted by Crippen LogP contribution is -2.47. The first kappa shape index (κ1) is 23.7. The van der Waals surface area contributed by atoms with Gasteiger partial charge in [-0.1, -0.05) is 30.3 Å². The molecule has 2 aromatic carbocycles. The highest BCUT2D eigenvalue weighted by molar-refractivity contribution is 7.89. The van der Waals surface area contributed by atoms with Gasteiger partial charge in [0.05, 0.1) is 18.1 Å². The van der Waals surface area contributed by atoms with Crippen molar-refractivity contribution in [1.29, 1.82) is 0 Å². The summed E-state index contributed by atoms with van der Waals surface area (Å²) in [6.07, 6.45) is 2.90. The normalized spacial score (nSPS) is 18.2. The summed E-state index contributed by atoms with van der Waals surface area (Å²) in [5.41, 5.74) is 0.957. The van der Waals surface area contributed by atoms with E-state index in [0.717, 1.165) is 5.56 Å². The molecule has 0 aliphatic carbocycles. The molecule has 9 nitrogen and oxygen atoms in total. The average Bonchev–Trinajstić information content (AvgIpc) is 3.32. The number of amides is 1. The van der Waals surface area contributed by atoms with Gasteiger partial charge in [0.15, 0.2) is 5.79 Å². The van der Waals surface area contributed by atoms with Crippen LogP contribution >= 0.6 is 0 Å². The van der Waals surface area contributed by atoms with Gasteiger partial charge in [0.1, 0.15) is 5.56 Å². The number of carbonyl (C=O) groups is 1. The van der Waals surface area contributed by atoms with E-state index in [4.69, 9.17) is 9.47 Å². The first-order valence-corrected chi connectivity index (χ1v) is 13.1. The third kappa shape index (κ3) is 4.74. The maximum atomic E-state index is 13.3. The number of ether oxygens (including phenoxy) is 2. The van der Waals surface area contributed by atoms with Crippen molar-refractivity contribution >= 4 is 26.8 Å². The SMILES string of the molecule is O=C(NCCc1ccccc1)c1c[nH]c2ccc(S(=O)(=O)N3CCC4(CC3)OCCO4)cc2c1=O. The van der Waals surface area contributed by atoms with E-state index in [2.05, 4.69) is 10.3 Å². The van der Waals surface area contributed by atoms with Crippen LogP contribution in [0.3, 0.4) is 0 Å². The number of rotatable bonds is 6. The highest BCUT2D eigenvalue weighted by Crippen LogP contribution is 2.33. The molecule has 1 spiro atoms. The van der Waals surface area contributed by atoms with Crippen molar-refractivity contribution in [1.82, 2.24) is 14.6 Å². The number of pyridine rings is 1. The number of piperidine rings is 1. The lowest BCUT2D eigenvalue weighted by Gasteiger charge is -2.36. The van der Waals surface area contributed by atoms with Gasteiger partial charge in [-0.25, -0.2) is 8.42 Å². The Morgan fingerprint density at radius 1 is 1.06 bits per heavy atom. The summed E-state index contributed by atoms with van der Waals surface area (Å²) in [6.45, 7) is 1.94. The van der Waals surface area contributed by atoms with Crippen LogP contribution in [-0.2, 0) is 25.9 Å². The molecule has 0 atom stereocenters. The molecule has 2 fully saturated rings. The number of fused-ring (bicyclic) bond motifs is 1. The van der Waals surface area contributed by atoms with Crippen LogP contribution in [-0.4, -0.2) is 62.2 Å². The maximum Gasteiger partial charge on any atom is 0.256 e. The van der Waals surface area contributed by atoms with E-state index >= 15 is 0 Å². The van der Waals surface area contributed by atoms with Gasteiger partial charge in [-0.2, -0.15) is 4.31 Å².